The summed E-state index contributed by atoms with van der Waals surface area (Å²) in [5.74, 6) is -0.0595. The van der Waals surface area contributed by atoms with Crippen LogP contribution < -0.4 is 5.32 Å². The minimum absolute atomic E-state index is 0.0595. The molecule has 4 heteroatoms. The van der Waals surface area contributed by atoms with Gasteiger partial charge in [-0.3, -0.25) is 4.79 Å². The summed E-state index contributed by atoms with van der Waals surface area (Å²) in [6, 6.07) is 13.5. The molecule has 2 rings (SSSR count). The number of allylic oxidation sites excluding steroid dienone is 1. The van der Waals surface area contributed by atoms with E-state index in [2.05, 4.69) is 18.3 Å². The van der Waals surface area contributed by atoms with Crippen LogP contribution in [-0.2, 0) is 4.79 Å². The van der Waals surface area contributed by atoms with Crippen molar-refractivity contribution in [3.05, 3.63) is 63.7 Å². The number of rotatable bonds is 6. The first kappa shape index (κ1) is 20.7. The lowest BCUT2D eigenvalue weighted by Crippen LogP contribution is -2.25. The van der Waals surface area contributed by atoms with Crippen LogP contribution in [0.25, 0.3) is 16.7 Å². The van der Waals surface area contributed by atoms with E-state index in [0.29, 0.717) is 22.7 Å². The van der Waals surface area contributed by atoms with Crippen molar-refractivity contribution in [2.45, 2.75) is 40.5 Å². The fourth-order valence-electron chi connectivity index (χ4n) is 2.98. The molecular formula is C23H25ClN2O. The summed E-state index contributed by atoms with van der Waals surface area (Å²) in [5, 5.41) is 13.1. The summed E-state index contributed by atoms with van der Waals surface area (Å²) in [6.45, 7) is 8.55. The van der Waals surface area contributed by atoms with Gasteiger partial charge in [0.2, 0.25) is 5.91 Å². The van der Waals surface area contributed by atoms with Crippen molar-refractivity contribution >= 4 is 23.1 Å². The van der Waals surface area contributed by atoms with Crippen molar-refractivity contribution < 1.29 is 4.79 Å². The highest BCUT2D eigenvalue weighted by molar-refractivity contribution is 6.30. The van der Waals surface area contributed by atoms with E-state index < -0.39 is 0 Å². The first-order valence-electron chi connectivity index (χ1n) is 9.15. The molecule has 0 saturated heterocycles. The Morgan fingerprint density at radius 2 is 1.85 bits per heavy atom. The van der Waals surface area contributed by atoms with E-state index in [1.165, 1.54) is 0 Å². The molecular weight excluding hydrogens is 356 g/mol. The van der Waals surface area contributed by atoms with Crippen molar-refractivity contribution in [3.8, 4) is 17.2 Å². The van der Waals surface area contributed by atoms with Gasteiger partial charge in [0.1, 0.15) is 0 Å². The van der Waals surface area contributed by atoms with Gasteiger partial charge in [-0.1, -0.05) is 37.1 Å². The highest BCUT2D eigenvalue weighted by Gasteiger charge is 2.15. The normalized spacial score (nSPS) is 11.6. The predicted molar refractivity (Wildman–Crippen MR) is 113 cm³/mol. The average molecular weight is 381 g/mol. The summed E-state index contributed by atoms with van der Waals surface area (Å²) in [6.07, 6.45) is 2.00. The van der Waals surface area contributed by atoms with Gasteiger partial charge >= 0.3 is 0 Å². The molecule has 0 atom stereocenters. The second-order valence-corrected chi connectivity index (χ2v) is 7.11. The largest absolute Gasteiger partial charge is 0.352 e. The monoisotopic (exact) mass is 380 g/mol. The lowest BCUT2D eigenvalue weighted by atomic mass is 9.89. The summed E-state index contributed by atoms with van der Waals surface area (Å²) < 4.78 is 0. The number of unbranched alkanes of at least 4 members (excludes halogenated alkanes) is 1. The van der Waals surface area contributed by atoms with Crippen molar-refractivity contribution in [1.82, 2.24) is 5.32 Å². The minimum Gasteiger partial charge on any atom is -0.352 e. The molecule has 0 aliphatic heterocycles. The van der Waals surface area contributed by atoms with Crippen LogP contribution in [-0.4, -0.2) is 12.5 Å². The van der Waals surface area contributed by atoms with Crippen molar-refractivity contribution in [2.24, 2.45) is 0 Å². The molecule has 0 saturated carbocycles. The average Bonchev–Trinajstić information content (AvgIpc) is 2.68. The lowest BCUT2D eigenvalue weighted by molar-refractivity contribution is -0.117. The van der Waals surface area contributed by atoms with Gasteiger partial charge in [-0.25, -0.2) is 0 Å². The summed E-state index contributed by atoms with van der Waals surface area (Å²) in [7, 11) is 0. The smallest absolute Gasteiger partial charge is 0.247 e. The number of nitrogens with zero attached hydrogens (tertiary/aromatic N) is 1. The molecule has 0 fully saturated rings. The molecule has 1 N–H and O–H groups in total. The number of carbonyl (C=O) groups excluding carboxylic acids is 1. The third kappa shape index (κ3) is 4.99. The Morgan fingerprint density at radius 3 is 2.44 bits per heavy atom. The first-order valence-corrected chi connectivity index (χ1v) is 9.53. The van der Waals surface area contributed by atoms with Crippen LogP contribution in [0.2, 0.25) is 5.02 Å². The Labute approximate surface area is 166 Å². The quantitative estimate of drug-likeness (QED) is 0.501. The van der Waals surface area contributed by atoms with E-state index in [0.717, 1.165) is 40.7 Å². The number of amides is 1. The van der Waals surface area contributed by atoms with Gasteiger partial charge in [-0.15, -0.1) is 0 Å². The van der Waals surface area contributed by atoms with Crippen molar-refractivity contribution in [3.63, 3.8) is 0 Å². The van der Waals surface area contributed by atoms with Gasteiger partial charge in [0.05, 0.1) is 11.6 Å². The van der Waals surface area contributed by atoms with Gasteiger partial charge < -0.3 is 5.32 Å². The number of benzene rings is 2. The number of hydrogen-bond acceptors (Lipinski definition) is 2. The number of hydrogen-bond donors (Lipinski definition) is 1. The molecule has 0 bridgehead atoms. The maximum Gasteiger partial charge on any atom is 0.247 e. The maximum absolute atomic E-state index is 12.4. The number of halogens is 1. The SMILES string of the molecule is CCCCNC(=O)/C(C)=C(\C)c1cc(C#N)cc(-c2ccc(Cl)cc2)c1C. The Balaban J connectivity index is 2.51. The van der Waals surface area contributed by atoms with Crippen LogP contribution in [0.5, 0.6) is 0 Å². The molecule has 2 aromatic carbocycles. The highest BCUT2D eigenvalue weighted by atomic mass is 35.5. The van der Waals surface area contributed by atoms with E-state index in [9.17, 15) is 10.1 Å². The molecule has 0 aliphatic rings. The molecule has 1 amide bonds. The lowest BCUT2D eigenvalue weighted by Gasteiger charge is -2.16. The zero-order valence-electron chi connectivity index (χ0n) is 16.3. The van der Waals surface area contributed by atoms with Gasteiger partial charge in [0.25, 0.3) is 0 Å². The van der Waals surface area contributed by atoms with Crippen molar-refractivity contribution in [1.29, 1.82) is 5.26 Å². The summed E-state index contributed by atoms with van der Waals surface area (Å²) >= 11 is 6.00. The fourth-order valence-corrected chi connectivity index (χ4v) is 3.11. The zero-order chi connectivity index (χ0) is 20.0. The van der Waals surface area contributed by atoms with Crippen LogP contribution in [0.3, 0.4) is 0 Å². The molecule has 140 valence electrons. The number of carbonyl (C=O) groups is 1. The van der Waals surface area contributed by atoms with Crippen LogP contribution in [0.15, 0.2) is 42.0 Å². The molecule has 0 unspecified atom stereocenters. The molecule has 0 aromatic heterocycles. The Hall–Kier alpha value is -2.57. The van der Waals surface area contributed by atoms with E-state index in [1.54, 1.807) is 0 Å². The molecule has 27 heavy (non-hydrogen) atoms. The van der Waals surface area contributed by atoms with Gasteiger partial charge in [0.15, 0.2) is 0 Å². The topological polar surface area (TPSA) is 52.9 Å². The Morgan fingerprint density at radius 1 is 1.19 bits per heavy atom. The predicted octanol–water partition coefficient (Wildman–Crippen LogP) is 5.90. The maximum atomic E-state index is 12.4. The molecule has 0 spiro atoms. The van der Waals surface area contributed by atoms with Crippen LogP contribution in [0, 0.1) is 18.3 Å². The number of nitrogens with one attached hydrogen (secondary N) is 1. The molecule has 0 heterocycles. The van der Waals surface area contributed by atoms with E-state index >= 15 is 0 Å². The second-order valence-electron chi connectivity index (χ2n) is 6.67. The molecule has 3 nitrogen and oxygen atoms in total. The summed E-state index contributed by atoms with van der Waals surface area (Å²) in [4.78, 5) is 12.4. The van der Waals surface area contributed by atoms with E-state index in [4.69, 9.17) is 11.6 Å². The van der Waals surface area contributed by atoms with Gasteiger partial charge in [-0.05, 0) is 79.3 Å². The fraction of sp³-hybridized carbons (Fsp3) is 0.304. The molecule has 0 aliphatic carbocycles. The van der Waals surface area contributed by atoms with Crippen molar-refractivity contribution in [2.75, 3.05) is 6.54 Å². The minimum atomic E-state index is -0.0595. The number of nitriles is 1. The van der Waals surface area contributed by atoms with Crippen LogP contribution in [0.4, 0.5) is 0 Å². The molecule has 2 aromatic rings. The van der Waals surface area contributed by atoms with E-state index in [1.807, 2.05) is 57.2 Å². The third-order valence-corrected chi connectivity index (χ3v) is 5.07. The van der Waals surface area contributed by atoms with Crippen LogP contribution in [0.1, 0.15) is 50.3 Å². The zero-order valence-corrected chi connectivity index (χ0v) is 17.1. The van der Waals surface area contributed by atoms with Crippen LogP contribution >= 0.6 is 11.6 Å². The van der Waals surface area contributed by atoms with Gasteiger partial charge in [0, 0.05) is 17.1 Å². The first-order chi connectivity index (χ1) is 12.9. The Bertz CT molecular complexity index is 905. The third-order valence-electron chi connectivity index (χ3n) is 4.82. The van der Waals surface area contributed by atoms with Gasteiger partial charge in [-0.2, -0.15) is 5.26 Å². The highest BCUT2D eigenvalue weighted by Crippen LogP contribution is 2.32. The summed E-state index contributed by atoms with van der Waals surface area (Å²) in [5.41, 5.74) is 6.04. The van der Waals surface area contributed by atoms with E-state index in [-0.39, 0.29) is 5.91 Å². The molecule has 0 radical (unpaired) electrons. The standard InChI is InChI=1S/C23H25ClN2O/c1-5-6-11-26-23(27)16(3)15(2)21-12-18(14-25)13-22(17(21)4)19-7-9-20(24)10-8-19/h7-10,12-13H,5-6,11H2,1-4H3,(H,26,27)/b16-15+. The Kier molecular flexibility index (Phi) is 7.21. The second kappa shape index (κ2) is 9.39.